The Bertz CT molecular complexity index is 401. The summed E-state index contributed by atoms with van der Waals surface area (Å²) >= 11 is 1.72. The number of anilines is 2. The van der Waals surface area contributed by atoms with Crippen LogP contribution in [0, 0.1) is 0 Å². The van der Waals surface area contributed by atoms with E-state index in [4.69, 9.17) is 11.5 Å². The maximum atomic E-state index is 5.86. The summed E-state index contributed by atoms with van der Waals surface area (Å²) < 4.78 is 0. The third-order valence-electron chi connectivity index (χ3n) is 2.18. The number of rotatable bonds is 2. The number of benzene rings is 1. The van der Waals surface area contributed by atoms with Crippen LogP contribution in [0.1, 0.15) is 10.4 Å². The average Bonchev–Trinajstić information content (AvgIpc) is 2.64. The quantitative estimate of drug-likeness (QED) is 0.738. The summed E-state index contributed by atoms with van der Waals surface area (Å²) in [6.45, 7) is 0. The van der Waals surface area contributed by atoms with Crippen LogP contribution in [0.5, 0.6) is 0 Å². The molecule has 0 atom stereocenters. The molecule has 3 heteroatoms. The standard InChI is InChI=1S/C11H12N2S/c12-10-4-1-5-11(13)9(10)7-8-3-2-6-14-8/h1-6H,7,12-13H2. The van der Waals surface area contributed by atoms with Gasteiger partial charge < -0.3 is 11.5 Å². The van der Waals surface area contributed by atoms with Gasteiger partial charge in [0, 0.05) is 28.2 Å². The fourth-order valence-electron chi connectivity index (χ4n) is 1.41. The predicted molar refractivity (Wildman–Crippen MR) is 62.4 cm³/mol. The Labute approximate surface area is 87.2 Å². The fraction of sp³-hybridized carbons (Fsp3) is 0.0909. The van der Waals surface area contributed by atoms with Crippen molar-refractivity contribution in [2.24, 2.45) is 0 Å². The Morgan fingerprint density at radius 1 is 1.00 bits per heavy atom. The van der Waals surface area contributed by atoms with E-state index in [9.17, 15) is 0 Å². The lowest BCUT2D eigenvalue weighted by molar-refractivity contribution is 1.25. The van der Waals surface area contributed by atoms with Crippen LogP contribution in [0.2, 0.25) is 0 Å². The number of thiophene rings is 1. The van der Waals surface area contributed by atoms with Crippen LogP contribution >= 0.6 is 11.3 Å². The van der Waals surface area contributed by atoms with Crippen LogP contribution < -0.4 is 11.5 Å². The summed E-state index contributed by atoms with van der Waals surface area (Å²) in [7, 11) is 0. The predicted octanol–water partition coefficient (Wildman–Crippen LogP) is 2.50. The molecule has 0 unspecified atom stereocenters. The van der Waals surface area contributed by atoms with Gasteiger partial charge in [-0.2, -0.15) is 0 Å². The van der Waals surface area contributed by atoms with Crippen molar-refractivity contribution in [3.05, 3.63) is 46.2 Å². The second-order valence-corrected chi connectivity index (χ2v) is 4.20. The lowest BCUT2D eigenvalue weighted by Gasteiger charge is -2.07. The molecule has 2 rings (SSSR count). The highest BCUT2D eigenvalue weighted by molar-refractivity contribution is 7.09. The van der Waals surface area contributed by atoms with Gasteiger partial charge in [0.2, 0.25) is 0 Å². The van der Waals surface area contributed by atoms with Crippen LogP contribution in [0.4, 0.5) is 11.4 Å². The van der Waals surface area contributed by atoms with Gasteiger partial charge in [-0.15, -0.1) is 11.3 Å². The molecule has 0 aliphatic heterocycles. The first-order valence-electron chi connectivity index (χ1n) is 4.42. The number of nitrogens with two attached hydrogens (primary N) is 2. The Balaban J connectivity index is 2.33. The molecule has 0 saturated heterocycles. The molecule has 0 amide bonds. The van der Waals surface area contributed by atoms with Gasteiger partial charge >= 0.3 is 0 Å². The first-order chi connectivity index (χ1) is 6.77. The zero-order chi connectivity index (χ0) is 9.97. The molecule has 1 aromatic carbocycles. The molecule has 1 heterocycles. The van der Waals surface area contributed by atoms with Crippen LogP contribution in [-0.2, 0) is 6.42 Å². The monoisotopic (exact) mass is 204 g/mol. The van der Waals surface area contributed by atoms with Gasteiger partial charge in [-0.05, 0) is 23.6 Å². The lowest BCUT2D eigenvalue weighted by Crippen LogP contribution is -1.99. The number of hydrogen-bond acceptors (Lipinski definition) is 3. The van der Waals surface area contributed by atoms with E-state index in [0.717, 1.165) is 23.4 Å². The third kappa shape index (κ3) is 1.72. The molecule has 2 nitrogen and oxygen atoms in total. The van der Waals surface area contributed by atoms with E-state index in [1.165, 1.54) is 4.88 Å². The molecule has 1 aromatic heterocycles. The molecular formula is C11H12N2S. The van der Waals surface area contributed by atoms with Crippen LogP contribution in [0.15, 0.2) is 35.7 Å². The summed E-state index contributed by atoms with van der Waals surface area (Å²) in [5.74, 6) is 0. The van der Waals surface area contributed by atoms with Crippen molar-refractivity contribution < 1.29 is 0 Å². The van der Waals surface area contributed by atoms with E-state index in [0.29, 0.717) is 0 Å². The summed E-state index contributed by atoms with van der Waals surface area (Å²) in [5, 5.41) is 2.06. The molecule has 4 N–H and O–H groups in total. The van der Waals surface area contributed by atoms with Gasteiger partial charge in [0.05, 0.1) is 0 Å². The molecule has 2 aromatic rings. The lowest BCUT2D eigenvalue weighted by atomic mass is 10.1. The second kappa shape index (κ2) is 3.72. The van der Waals surface area contributed by atoms with Crippen LogP contribution in [0.25, 0.3) is 0 Å². The molecule has 72 valence electrons. The first-order valence-corrected chi connectivity index (χ1v) is 5.30. The molecule has 0 aliphatic rings. The Kier molecular flexibility index (Phi) is 2.41. The topological polar surface area (TPSA) is 52.0 Å². The molecule has 0 aliphatic carbocycles. The van der Waals surface area contributed by atoms with Crippen molar-refractivity contribution in [3.8, 4) is 0 Å². The number of hydrogen-bond donors (Lipinski definition) is 2. The zero-order valence-corrected chi connectivity index (χ0v) is 8.55. The smallest absolute Gasteiger partial charge is 0.0371 e. The molecule has 0 radical (unpaired) electrons. The van der Waals surface area contributed by atoms with Gasteiger partial charge in [-0.3, -0.25) is 0 Å². The summed E-state index contributed by atoms with van der Waals surface area (Å²) in [6, 6.07) is 9.78. The maximum absolute atomic E-state index is 5.86. The van der Waals surface area contributed by atoms with Crippen molar-refractivity contribution in [1.82, 2.24) is 0 Å². The molecule has 0 spiro atoms. The van der Waals surface area contributed by atoms with E-state index < -0.39 is 0 Å². The van der Waals surface area contributed by atoms with E-state index >= 15 is 0 Å². The highest BCUT2D eigenvalue weighted by atomic mass is 32.1. The van der Waals surface area contributed by atoms with E-state index in [1.807, 2.05) is 24.3 Å². The van der Waals surface area contributed by atoms with E-state index in [2.05, 4.69) is 11.4 Å². The molecule has 0 fully saturated rings. The van der Waals surface area contributed by atoms with E-state index in [-0.39, 0.29) is 0 Å². The van der Waals surface area contributed by atoms with Crippen molar-refractivity contribution in [2.75, 3.05) is 11.5 Å². The maximum Gasteiger partial charge on any atom is 0.0371 e. The number of nitrogen functional groups attached to an aromatic ring is 2. The van der Waals surface area contributed by atoms with Gasteiger partial charge in [0.1, 0.15) is 0 Å². The molecule has 0 saturated carbocycles. The van der Waals surface area contributed by atoms with Gasteiger partial charge in [0.15, 0.2) is 0 Å². The zero-order valence-electron chi connectivity index (χ0n) is 7.73. The molecular weight excluding hydrogens is 192 g/mol. The largest absolute Gasteiger partial charge is 0.398 e. The van der Waals surface area contributed by atoms with Gasteiger partial charge in [-0.1, -0.05) is 12.1 Å². The summed E-state index contributed by atoms with van der Waals surface area (Å²) in [6.07, 6.45) is 0.830. The average molecular weight is 204 g/mol. The fourth-order valence-corrected chi connectivity index (χ4v) is 2.13. The summed E-state index contributed by atoms with van der Waals surface area (Å²) in [5.41, 5.74) is 14.3. The highest BCUT2D eigenvalue weighted by Gasteiger charge is 2.04. The van der Waals surface area contributed by atoms with Crippen molar-refractivity contribution in [1.29, 1.82) is 0 Å². The van der Waals surface area contributed by atoms with Crippen LogP contribution in [0.3, 0.4) is 0 Å². The SMILES string of the molecule is Nc1cccc(N)c1Cc1cccs1. The normalized spacial score (nSPS) is 10.3. The van der Waals surface area contributed by atoms with Crippen molar-refractivity contribution in [2.45, 2.75) is 6.42 Å². The third-order valence-corrected chi connectivity index (χ3v) is 3.06. The van der Waals surface area contributed by atoms with Crippen molar-refractivity contribution >= 4 is 22.7 Å². The van der Waals surface area contributed by atoms with Crippen LogP contribution in [-0.4, -0.2) is 0 Å². The Morgan fingerprint density at radius 3 is 2.29 bits per heavy atom. The highest BCUT2D eigenvalue weighted by Crippen LogP contribution is 2.24. The molecule has 0 bridgehead atoms. The van der Waals surface area contributed by atoms with E-state index in [1.54, 1.807) is 11.3 Å². The first kappa shape index (κ1) is 9.09. The second-order valence-electron chi connectivity index (χ2n) is 3.17. The Morgan fingerprint density at radius 2 is 1.71 bits per heavy atom. The van der Waals surface area contributed by atoms with Crippen molar-refractivity contribution in [3.63, 3.8) is 0 Å². The van der Waals surface area contributed by atoms with Gasteiger partial charge in [-0.25, -0.2) is 0 Å². The minimum atomic E-state index is 0.776. The molecule has 14 heavy (non-hydrogen) atoms. The Hall–Kier alpha value is -1.48. The summed E-state index contributed by atoms with van der Waals surface area (Å²) in [4.78, 5) is 1.29. The van der Waals surface area contributed by atoms with Gasteiger partial charge in [0.25, 0.3) is 0 Å². The minimum Gasteiger partial charge on any atom is -0.398 e. The minimum absolute atomic E-state index is 0.776.